The minimum Gasteiger partial charge on any atom is -0.350 e. The van der Waals surface area contributed by atoms with Gasteiger partial charge in [-0.15, -0.1) is 0 Å². The van der Waals surface area contributed by atoms with Crippen LogP contribution >= 0.6 is 34.8 Å². The van der Waals surface area contributed by atoms with Gasteiger partial charge in [-0.3, -0.25) is 14.4 Å². The molecular formula is C23H20Cl3N3O3. The lowest BCUT2D eigenvalue weighted by Crippen LogP contribution is -2.42. The molecule has 0 saturated carbocycles. The molecule has 9 heteroatoms. The van der Waals surface area contributed by atoms with Crippen LogP contribution in [0.5, 0.6) is 0 Å². The van der Waals surface area contributed by atoms with Gasteiger partial charge >= 0.3 is 0 Å². The number of rotatable bonds is 4. The minimum atomic E-state index is -0.663. The number of likely N-dealkylation sites (tertiary alicyclic amines) is 1. The van der Waals surface area contributed by atoms with E-state index in [1.807, 2.05) is 4.90 Å². The molecule has 2 aromatic rings. The number of anilines is 2. The van der Waals surface area contributed by atoms with Crippen molar-refractivity contribution >= 4 is 63.9 Å². The molecule has 166 valence electrons. The van der Waals surface area contributed by atoms with Crippen LogP contribution in [0.15, 0.2) is 53.2 Å². The first kappa shape index (κ1) is 22.6. The van der Waals surface area contributed by atoms with Gasteiger partial charge < -0.3 is 10.2 Å². The SMILES string of the molecule is CC1CCCCN1C(=O)c1ccc(NC2=C(Cl)C(=O)N(c3ccc(Cl)c(Cl)c3)C2=O)cc1. The number of carbonyl (C=O) groups is 3. The van der Waals surface area contributed by atoms with Crippen molar-refractivity contribution in [3.8, 4) is 0 Å². The highest BCUT2D eigenvalue weighted by Gasteiger charge is 2.39. The molecule has 1 atom stereocenters. The summed E-state index contributed by atoms with van der Waals surface area (Å²) in [5.74, 6) is -1.29. The standard InChI is InChI=1S/C23H20Cl3N3O3/c1-13-4-2-3-11-28(13)21(30)14-5-7-15(8-6-14)27-20-19(26)22(31)29(23(20)32)16-9-10-17(24)18(25)12-16/h5-10,12-13,27H,2-4,11H2,1H3. The Morgan fingerprint density at radius 2 is 1.69 bits per heavy atom. The highest BCUT2D eigenvalue weighted by molar-refractivity contribution is 6.53. The number of piperidine rings is 1. The number of halogens is 3. The molecule has 2 aliphatic heterocycles. The monoisotopic (exact) mass is 491 g/mol. The van der Waals surface area contributed by atoms with E-state index in [1.165, 1.54) is 18.2 Å². The third kappa shape index (κ3) is 4.22. The average molecular weight is 493 g/mol. The molecule has 1 saturated heterocycles. The van der Waals surface area contributed by atoms with Crippen molar-refractivity contribution in [3.05, 3.63) is 68.8 Å². The van der Waals surface area contributed by atoms with Crippen LogP contribution in [0, 0.1) is 0 Å². The summed E-state index contributed by atoms with van der Waals surface area (Å²) >= 11 is 18.1. The molecule has 6 nitrogen and oxygen atoms in total. The Morgan fingerprint density at radius 1 is 0.969 bits per heavy atom. The predicted octanol–water partition coefficient (Wildman–Crippen LogP) is 5.44. The van der Waals surface area contributed by atoms with Crippen molar-refractivity contribution in [2.75, 3.05) is 16.8 Å². The molecule has 1 unspecified atom stereocenters. The number of amides is 3. The van der Waals surface area contributed by atoms with Crippen LogP contribution in [0.3, 0.4) is 0 Å². The van der Waals surface area contributed by atoms with Crippen molar-refractivity contribution in [2.45, 2.75) is 32.2 Å². The van der Waals surface area contributed by atoms with Gasteiger partial charge in [0.15, 0.2) is 0 Å². The summed E-state index contributed by atoms with van der Waals surface area (Å²) in [5, 5.41) is 3.19. The maximum atomic E-state index is 12.9. The number of nitrogens with one attached hydrogen (secondary N) is 1. The van der Waals surface area contributed by atoms with Gasteiger partial charge in [0.05, 0.1) is 15.7 Å². The quantitative estimate of drug-likeness (QED) is 0.577. The van der Waals surface area contributed by atoms with Crippen molar-refractivity contribution < 1.29 is 14.4 Å². The molecule has 4 rings (SSSR count). The van der Waals surface area contributed by atoms with Crippen molar-refractivity contribution in [2.24, 2.45) is 0 Å². The van der Waals surface area contributed by atoms with Gasteiger partial charge in [0.1, 0.15) is 10.7 Å². The Kier molecular flexibility index (Phi) is 6.47. The lowest BCUT2D eigenvalue weighted by molar-refractivity contribution is -0.120. The van der Waals surface area contributed by atoms with E-state index in [1.54, 1.807) is 24.3 Å². The first-order valence-electron chi connectivity index (χ1n) is 10.2. The van der Waals surface area contributed by atoms with Crippen LogP contribution in [0.4, 0.5) is 11.4 Å². The van der Waals surface area contributed by atoms with E-state index in [-0.39, 0.29) is 33.4 Å². The second-order valence-corrected chi connectivity index (χ2v) is 8.97. The van der Waals surface area contributed by atoms with Gasteiger partial charge in [-0.25, -0.2) is 4.90 Å². The molecular weight excluding hydrogens is 473 g/mol. The Hall–Kier alpha value is -2.54. The van der Waals surface area contributed by atoms with Gasteiger partial charge in [-0.1, -0.05) is 34.8 Å². The maximum Gasteiger partial charge on any atom is 0.283 e. The van der Waals surface area contributed by atoms with Crippen molar-refractivity contribution in [1.29, 1.82) is 0 Å². The van der Waals surface area contributed by atoms with Crippen LogP contribution in [-0.2, 0) is 9.59 Å². The Labute approximate surface area is 200 Å². The van der Waals surface area contributed by atoms with Gasteiger partial charge in [-0.2, -0.15) is 0 Å². The molecule has 1 N–H and O–H groups in total. The van der Waals surface area contributed by atoms with E-state index < -0.39 is 11.8 Å². The molecule has 3 amide bonds. The highest BCUT2D eigenvalue weighted by Crippen LogP contribution is 2.33. The molecule has 2 aliphatic rings. The fourth-order valence-corrected chi connectivity index (χ4v) is 4.38. The smallest absolute Gasteiger partial charge is 0.283 e. The van der Waals surface area contributed by atoms with E-state index in [0.717, 1.165) is 30.7 Å². The van der Waals surface area contributed by atoms with E-state index in [2.05, 4.69) is 12.2 Å². The average Bonchev–Trinajstić information content (AvgIpc) is 2.99. The van der Waals surface area contributed by atoms with E-state index in [4.69, 9.17) is 34.8 Å². The zero-order chi connectivity index (χ0) is 23.0. The largest absolute Gasteiger partial charge is 0.350 e. The van der Waals surface area contributed by atoms with Crippen molar-refractivity contribution in [3.63, 3.8) is 0 Å². The van der Waals surface area contributed by atoms with Crippen LogP contribution in [0.2, 0.25) is 10.0 Å². The summed E-state index contributed by atoms with van der Waals surface area (Å²) in [7, 11) is 0. The summed E-state index contributed by atoms with van der Waals surface area (Å²) in [6, 6.07) is 11.4. The minimum absolute atomic E-state index is 0.0149. The lowest BCUT2D eigenvalue weighted by atomic mass is 10.0. The lowest BCUT2D eigenvalue weighted by Gasteiger charge is -2.33. The second-order valence-electron chi connectivity index (χ2n) is 7.78. The first-order valence-corrected chi connectivity index (χ1v) is 11.3. The van der Waals surface area contributed by atoms with Crippen LogP contribution in [0.1, 0.15) is 36.5 Å². The summed E-state index contributed by atoms with van der Waals surface area (Å²) < 4.78 is 0. The van der Waals surface area contributed by atoms with Crippen LogP contribution < -0.4 is 10.2 Å². The van der Waals surface area contributed by atoms with Crippen LogP contribution in [-0.4, -0.2) is 35.2 Å². The summed E-state index contributed by atoms with van der Waals surface area (Å²) in [4.78, 5) is 41.2. The van der Waals surface area contributed by atoms with Gasteiger partial charge in [-0.05, 0) is 68.7 Å². The number of imide groups is 1. The van der Waals surface area contributed by atoms with Gasteiger partial charge in [0.25, 0.3) is 17.7 Å². The third-order valence-corrected chi connectivity index (χ3v) is 6.74. The molecule has 1 fully saturated rings. The zero-order valence-corrected chi connectivity index (χ0v) is 19.5. The topological polar surface area (TPSA) is 69.7 Å². The zero-order valence-electron chi connectivity index (χ0n) is 17.2. The normalized spacial score (nSPS) is 19.1. The number of hydrogen-bond donors (Lipinski definition) is 1. The second kappa shape index (κ2) is 9.14. The number of benzene rings is 2. The number of carbonyl (C=O) groups excluding carboxylic acids is 3. The molecule has 2 aromatic carbocycles. The Morgan fingerprint density at radius 3 is 2.34 bits per heavy atom. The molecule has 32 heavy (non-hydrogen) atoms. The summed E-state index contributed by atoms with van der Waals surface area (Å²) in [6.07, 6.45) is 3.15. The fourth-order valence-electron chi connectivity index (χ4n) is 3.88. The van der Waals surface area contributed by atoms with Crippen LogP contribution in [0.25, 0.3) is 0 Å². The van der Waals surface area contributed by atoms with E-state index in [0.29, 0.717) is 16.3 Å². The molecule has 2 heterocycles. The van der Waals surface area contributed by atoms with Crippen molar-refractivity contribution in [1.82, 2.24) is 4.90 Å². The van der Waals surface area contributed by atoms with Gasteiger partial charge in [0.2, 0.25) is 0 Å². The molecule has 0 aromatic heterocycles. The van der Waals surface area contributed by atoms with E-state index in [9.17, 15) is 14.4 Å². The van der Waals surface area contributed by atoms with Gasteiger partial charge in [0, 0.05) is 23.8 Å². The maximum absolute atomic E-state index is 12.9. The summed E-state index contributed by atoms with van der Waals surface area (Å²) in [6.45, 7) is 2.81. The summed E-state index contributed by atoms with van der Waals surface area (Å²) in [5.41, 5.74) is 1.31. The number of hydrogen-bond acceptors (Lipinski definition) is 4. The fraction of sp³-hybridized carbons (Fsp3) is 0.261. The first-order chi connectivity index (χ1) is 15.3. The predicted molar refractivity (Wildman–Crippen MR) is 126 cm³/mol. The molecule has 0 spiro atoms. The highest BCUT2D eigenvalue weighted by atomic mass is 35.5. The number of nitrogens with zero attached hydrogens (tertiary/aromatic N) is 2. The molecule has 0 radical (unpaired) electrons. The Bertz CT molecular complexity index is 1130. The molecule has 0 aliphatic carbocycles. The van der Waals surface area contributed by atoms with E-state index >= 15 is 0 Å². The molecule has 0 bridgehead atoms. The third-order valence-electron chi connectivity index (χ3n) is 5.65. The Balaban J connectivity index is 1.51.